The summed E-state index contributed by atoms with van der Waals surface area (Å²) < 4.78 is 39.1. The minimum Gasteiger partial charge on any atom is -0.493 e. The van der Waals surface area contributed by atoms with Crippen molar-refractivity contribution in [1.29, 1.82) is 0 Å². The summed E-state index contributed by atoms with van der Waals surface area (Å²) >= 11 is 0. The average Bonchev–Trinajstić information content (AvgIpc) is 2.94. The van der Waals surface area contributed by atoms with Crippen LogP contribution in [0.4, 0.5) is 11.4 Å². The highest BCUT2D eigenvalue weighted by atomic mass is 32.2. The SMILES string of the molecule is COc1ccc(NS(=O)(=O)c2cc3c4c(c2)C(C)C(=O)N4CCC3)cc1OC. The molecule has 0 saturated heterocycles. The van der Waals surface area contributed by atoms with Gasteiger partial charge < -0.3 is 14.4 Å². The first-order valence-electron chi connectivity index (χ1n) is 9.08. The first-order valence-corrected chi connectivity index (χ1v) is 10.6. The maximum Gasteiger partial charge on any atom is 0.261 e. The number of nitrogens with zero attached hydrogens (tertiary/aromatic N) is 1. The molecule has 0 bridgehead atoms. The van der Waals surface area contributed by atoms with E-state index in [-0.39, 0.29) is 16.7 Å². The van der Waals surface area contributed by atoms with Gasteiger partial charge in [-0.1, -0.05) is 0 Å². The average molecular weight is 402 g/mol. The van der Waals surface area contributed by atoms with Crippen molar-refractivity contribution in [1.82, 2.24) is 0 Å². The highest BCUT2D eigenvalue weighted by molar-refractivity contribution is 7.92. The Balaban J connectivity index is 1.73. The monoisotopic (exact) mass is 402 g/mol. The summed E-state index contributed by atoms with van der Waals surface area (Å²) in [6, 6.07) is 8.13. The van der Waals surface area contributed by atoms with Crippen LogP contribution in [0.1, 0.15) is 30.4 Å². The smallest absolute Gasteiger partial charge is 0.261 e. The summed E-state index contributed by atoms with van der Waals surface area (Å²) in [5.74, 6) is 0.655. The van der Waals surface area contributed by atoms with Crippen LogP contribution >= 0.6 is 0 Å². The molecule has 148 valence electrons. The van der Waals surface area contributed by atoms with Crippen LogP contribution in [0.15, 0.2) is 35.2 Å². The molecular formula is C20H22N2O5S. The molecule has 0 saturated carbocycles. The fraction of sp³-hybridized carbons (Fsp3) is 0.350. The molecule has 1 atom stereocenters. The third-order valence-electron chi connectivity index (χ3n) is 5.34. The van der Waals surface area contributed by atoms with Gasteiger partial charge in [0.05, 0.1) is 36.4 Å². The van der Waals surface area contributed by atoms with Crippen molar-refractivity contribution in [3.05, 3.63) is 41.5 Å². The number of anilines is 2. The topological polar surface area (TPSA) is 84.9 Å². The maximum atomic E-state index is 13.0. The predicted molar refractivity (Wildman–Crippen MR) is 106 cm³/mol. The van der Waals surface area contributed by atoms with Crippen molar-refractivity contribution >= 4 is 27.3 Å². The van der Waals surface area contributed by atoms with Gasteiger partial charge in [-0.25, -0.2) is 8.42 Å². The van der Waals surface area contributed by atoms with E-state index in [1.54, 1.807) is 35.2 Å². The van der Waals surface area contributed by atoms with Gasteiger partial charge in [-0.15, -0.1) is 0 Å². The van der Waals surface area contributed by atoms with E-state index in [4.69, 9.17) is 9.47 Å². The number of carbonyl (C=O) groups excluding carboxylic acids is 1. The lowest BCUT2D eigenvalue weighted by Crippen LogP contribution is -2.32. The molecule has 0 spiro atoms. The number of aryl methyl sites for hydroxylation is 1. The molecule has 1 amide bonds. The molecule has 1 N–H and O–H groups in total. The van der Waals surface area contributed by atoms with Crippen LogP contribution in [-0.2, 0) is 21.2 Å². The Bertz CT molecular complexity index is 1060. The van der Waals surface area contributed by atoms with Crippen molar-refractivity contribution in [2.75, 3.05) is 30.4 Å². The van der Waals surface area contributed by atoms with Gasteiger partial charge in [0.25, 0.3) is 10.0 Å². The van der Waals surface area contributed by atoms with E-state index in [1.807, 2.05) is 6.92 Å². The first kappa shape index (κ1) is 18.6. The zero-order valence-corrected chi connectivity index (χ0v) is 16.8. The Morgan fingerprint density at radius 1 is 1.11 bits per heavy atom. The van der Waals surface area contributed by atoms with E-state index in [0.29, 0.717) is 23.7 Å². The van der Waals surface area contributed by atoms with Gasteiger partial charge in [0.1, 0.15) is 0 Å². The molecule has 0 fully saturated rings. The van der Waals surface area contributed by atoms with Gasteiger partial charge in [-0.05, 0) is 55.2 Å². The number of ether oxygens (including phenoxy) is 2. The van der Waals surface area contributed by atoms with Crippen molar-refractivity contribution in [2.45, 2.75) is 30.6 Å². The molecule has 2 aromatic carbocycles. The van der Waals surface area contributed by atoms with Gasteiger partial charge >= 0.3 is 0 Å². The molecule has 1 unspecified atom stereocenters. The molecule has 28 heavy (non-hydrogen) atoms. The van der Waals surface area contributed by atoms with Crippen molar-refractivity contribution in [3.63, 3.8) is 0 Å². The highest BCUT2D eigenvalue weighted by Crippen LogP contribution is 2.44. The number of amides is 1. The van der Waals surface area contributed by atoms with E-state index < -0.39 is 10.0 Å². The Hall–Kier alpha value is -2.74. The first-order chi connectivity index (χ1) is 13.4. The Morgan fingerprint density at radius 2 is 1.86 bits per heavy atom. The number of nitrogens with one attached hydrogen (secondary N) is 1. The van der Waals surface area contributed by atoms with Gasteiger partial charge in [-0.2, -0.15) is 0 Å². The molecule has 0 aromatic heterocycles. The molecule has 2 aliphatic rings. The summed E-state index contributed by atoms with van der Waals surface area (Å²) in [4.78, 5) is 14.5. The number of methoxy groups -OCH3 is 2. The van der Waals surface area contributed by atoms with Gasteiger partial charge in [0, 0.05) is 12.6 Å². The fourth-order valence-corrected chi connectivity index (χ4v) is 5.07. The lowest BCUT2D eigenvalue weighted by atomic mass is 9.97. The number of carbonyl (C=O) groups is 1. The number of hydrogen-bond donors (Lipinski definition) is 1. The summed E-state index contributed by atoms with van der Waals surface area (Å²) in [5.41, 5.74) is 2.97. The number of sulfonamides is 1. The second kappa shape index (κ2) is 6.70. The van der Waals surface area contributed by atoms with Crippen LogP contribution in [0.2, 0.25) is 0 Å². The van der Waals surface area contributed by atoms with E-state index in [1.165, 1.54) is 14.2 Å². The van der Waals surface area contributed by atoms with Crippen molar-refractivity contribution < 1.29 is 22.7 Å². The zero-order chi connectivity index (χ0) is 20.1. The number of hydrogen-bond acceptors (Lipinski definition) is 5. The van der Waals surface area contributed by atoms with Crippen LogP contribution < -0.4 is 19.1 Å². The van der Waals surface area contributed by atoms with E-state index in [9.17, 15) is 13.2 Å². The normalized spacial score (nSPS) is 18.0. The highest BCUT2D eigenvalue weighted by Gasteiger charge is 2.38. The number of benzene rings is 2. The number of rotatable bonds is 5. The molecule has 4 rings (SSSR count). The lowest BCUT2D eigenvalue weighted by molar-refractivity contribution is -0.119. The maximum absolute atomic E-state index is 13.0. The third-order valence-corrected chi connectivity index (χ3v) is 6.70. The molecule has 0 aliphatic carbocycles. The van der Waals surface area contributed by atoms with Crippen LogP contribution in [0.25, 0.3) is 0 Å². The largest absolute Gasteiger partial charge is 0.493 e. The van der Waals surface area contributed by atoms with Gasteiger partial charge in [-0.3, -0.25) is 9.52 Å². The summed E-state index contributed by atoms with van der Waals surface area (Å²) in [6.45, 7) is 2.52. The van der Waals surface area contributed by atoms with Crippen molar-refractivity contribution in [2.24, 2.45) is 0 Å². The van der Waals surface area contributed by atoms with Crippen molar-refractivity contribution in [3.8, 4) is 11.5 Å². The molecular weight excluding hydrogens is 380 g/mol. The van der Waals surface area contributed by atoms with E-state index in [0.717, 1.165) is 29.7 Å². The summed E-state index contributed by atoms with van der Waals surface area (Å²) in [7, 11) is -0.814. The zero-order valence-electron chi connectivity index (χ0n) is 16.0. The molecule has 2 aliphatic heterocycles. The second-order valence-corrected chi connectivity index (χ2v) is 8.69. The third kappa shape index (κ3) is 2.88. The van der Waals surface area contributed by atoms with E-state index >= 15 is 0 Å². The predicted octanol–water partition coefficient (Wildman–Crippen LogP) is 2.90. The Labute approximate surface area is 164 Å². The molecule has 0 radical (unpaired) electrons. The molecule has 2 aromatic rings. The minimum absolute atomic E-state index is 0.0401. The van der Waals surface area contributed by atoms with E-state index in [2.05, 4.69) is 4.72 Å². The van der Waals surface area contributed by atoms with Gasteiger partial charge in [0.2, 0.25) is 5.91 Å². The lowest BCUT2D eigenvalue weighted by Gasteiger charge is -2.26. The van der Waals surface area contributed by atoms with Crippen LogP contribution in [0, 0.1) is 0 Å². The molecule has 2 heterocycles. The standard InChI is InChI=1S/C20H22N2O5S/c1-12-16-11-15(9-13-5-4-8-22(19(13)16)20(12)23)28(24,25)21-14-6-7-17(26-2)18(10-14)27-3/h6-7,9-12,21H,4-5,8H2,1-3H3. The summed E-state index contributed by atoms with van der Waals surface area (Å²) in [5, 5.41) is 0. The second-order valence-electron chi connectivity index (χ2n) is 7.01. The molecule has 8 heteroatoms. The molecule has 7 nitrogen and oxygen atoms in total. The van der Waals surface area contributed by atoms with Crippen LogP contribution in [0.3, 0.4) is 0 Å². The quantitative estimate of drug-likeness (QED) is 0.831. The fourth-order valence-electron chi connectivity index (χ4n) is 3.93. The van der Waals surface area contributed by atoms with Crippen LogP contribution in [0.5, 0.6) is 11.5 Å². The van der Waals surface area contributed by atoms with Crippen LogP contribution in [-0.4, -0.2) is 35.1 Å². The Kier molecular flexibility index (Phi) is 4.45. The Morgan fingerprint density at radius 3 is 2.57 bits per heavy atom. The summed E-state index contributed by atoms with van der Waals surface area (Å²) in [6.07, 6.45) is 1.59. The van der Waals surface area contributed by atoms with Gasteiger partial charge in [0.15, 0.2) is 11.5 Å². The minimum atomic E-state index is -3.82.